The van der Waals surface area contributed by atoms with Crippen molar-refractivity contribution in [1.29, 1.82) is 0 Å². The van der Waals surface area contributed by atoms with Crippen molar-refractivity contribution in [2.45, 2.75) is 25.8 Å². The maximum atomic E-state index is 14.0. The minimum absolute atomic E-state index is 0.0304. The van der Waals surface area contributed by atoms with Crippen molar-refractivity contribution in [1.82, 2.24) is 19.9 Å². The Labute approximate surface area is 203 Å². The van der Waals surface area contributed by atoms with Gasteiger partial charge in [0.05, 0.1) is 11.6 Å². The molecular weight excluding hydrogens is 447 g/mol. The van der Waals surface area contributed by atoms with Crippen LogP contribution in [0.3, 0.4) is 0 Å². The van der Waals surface area contributed by atoms with E-state index in [1.54, 1.807) is 24.3 Å². The fourth-order valence-corrected chi connectivity index (χ4v) is 4.33. The van der Waals surface area contributed by atoms with E-state index in [2.05, 4.69) is 15.0 Å². The number of halogens is 1. The molecule has 2 aromatic heterocycles. The monoisotopic (exact) mass is 474 g/mol. The number of piperazine rings is 1. The van der Waals surface area contributed by atoms with Crippen molar-refractivity contribution in [2.24, 2.45) is 0 Å². The number of furan rings is 1. The Kier molecular flexibility index (Phi) is 6.72. The molecule has 3 heterocycles. The summed E-state index contributed by atoms with van der Waals surface area (Å²) in [6.07, 6.45) is 0.831. The molecule has 0 spiro atoms. The van der Waals surface area contributed by atoms with Gasteiger partial charge in [-0.25, -0.2) is 4.39 Å². The first-order chi connectivity index (χ1) is 17.1. The average Bonchev–Trinajstić information content (AvgIpc) is 3.58. The summed E-state index contributed by atoms with van der Waals surface area (Å²) >= 11 is 0. The first-order valence-electron chi connectivity index (χ1n) is 11.8. The summed E-state index contributed by atoms with van der Waals surface area (Å²) < 4.78 is 25.3. The van der Waals surface area contributed by atoms with Gasteiger partial charge >= 0.3 is 0 Å². The molecular formula is C27H27FN4O3. The van der Waals surface area contributed by atoms with Crippen LogP contribution in [0.4, 0.5) is 4.39 Å². The van der Waals surface area contributed by atoms with E-state index in [0.29, 0.717) is 54.7 Å². The minimum Gasteiger partial charge on any atom is -0.461 e. The molecule has 1 aliphatic rings. The summed E-state index contributed by atoms with van der Waals surface area (Å²) in [6.45, 7) is 4.79. The normalized spacial score (nSPS) is 15.3. The number of amides is 1. The molecule has 1 aliphatic heterocycles. The summed E-state index contributed by atoms with van der Waals surface area (Å²) in [7, 11) is 0. The molecule has 5 rings (SSSR count). The summed E-state index contributed by atoms with van der Waals surface area (Å²) in [6, 6.07) is 19.8. The number of carbonyl (C=O) groups is 1. The number of aromatic nitrogens is 2. The minimum atomic E-state index is -0.326. The molecule has 1 saturated heterocycles. The molecule has 4 aromatic rings. The fourth-order valence-electron chi connectivity index (χ4n) is 4.33. The molecule has 0 aliphatic carbocycles. The molecule has 1 atom stereocenters. The molecule has 0 unspecified atom stereocenters. The topological polar surface area (TPSA) is 75.6 Å². The highest BCUT2D eigenvalue weighted by Gasteiger charge is 2.27. The first-order valence-corrected chi connectivity index (χ1v) is 11.8. The molecule has 7 nitrogen and oxygen atoms in total. The molecule has 2 aromatic carbocycles. The van der Waals surface area contributed by atoms with Gasteiger partial charge in [-0.2, -0.15) is 4.98 Å². The lowest BCUT2D eigenvalue weighted by Gasteiger charge is -2.36. The van der Waals surface area contributed by atoms with E-state index in [1.807, 2.05) is 48.2 Å². The lowest BCUT2D eigenvalue weighted by Crippen LogP contribution is -2.49. The van der Waals surface area contributed by atoms with E-state index in [4.69, 9.17) is 8.94 Å². The molecule has 0 N–H and O–H groups in total. The Bertz CT molecular complexity index is 1280. The maximum absolute atomic E-state index is 14.0. The van der Waals surface area contributed by atoms with Crippen LogP contribution in [0.5, 0.6) is 0 Å². The first kappa shape index (κ1) is 23.0. The SMILES string of the molecule is C[C@H](c1nc(-c2ccccc2)no1)N1CCN(C(=O)CCc2ccc(-c3ccccc3F)o2)CC1. The third-order valence-corrected chi connectivity index (χ3v) is 6.43. The predicted octanol–water partition coefficient (Wildman–Crippen LogP) is 4.97. The molecule has 180 valence electrons. The van der Waals surface area contributed by atoms with Gasteiger partial charge in [-0.05, 0) is 31.2 Å². The number of hydrogen-bond donors (Lipinski definition) is 0. The largest absolute Gasteiger partial charge is 0.461 e. The van der Waals surface area contributed by atoms with Crippen molar-refractivity contribution < 1.29 is 18.1 Å². The second kappa shape index (κ2) is 10.2. The quantitative estimate of drug-likeness (QED) is 0.376. The Hall–Kier alpha value is -3.78. The van der Waals surface area contributed by atoms with Gasteiger partial charge in [0, 0.05) is 44.6 Å². The van der Waals surface area contributed by atoms with Crippen molar-refractivity contribution in [3.8, 4) is 22.7 Å². The van der Waals surface area contributed by atoms with Gasteiger partial charge in [-0.15, -0.1) is 0 Å². The Balaban J connectivity index is 1.11. The molecule has 0 radical (unpaired) electrons. The standard InChI is InChI=1S/C27H27FN4O3/c1-19(27-29-26(30-35-27)20-7-3-2-4-8-20)31-15-17-32(18-16-31)25(33)14-12-21-11-13-24(34-21)22-9-5-6-10-23(22)28/h2-11,13,19H,12,14-18H2,1H3/t19-/m1/s1. The average molecular weight is 475 g/mol. The van der Waals surface area contributed by atoms with Crippen LogP contribution in [-0.2, 0) is 11.2 Å². The number of benzene rings is 2. The fraction of sp³-hybridized carbons (Fsp3) is 0.296. The van der Waals surface area contributed by atoms with E-state index in [1.165, 1.54) is 6.07 Å². The summed E-state index contributed by atoms with van der Waals surface area (Å²) in [5.74, 6) is 2.07. The summed E-state index contributed by atoms with van der Waals surface area (Å²) in [4.78, 5) is 21.5. The Morgan fingerprint density at radius 3 is 2.51 bits per heavy atom. The van der Waals surface area contributed by atoms with Gasteiger partial charge in [0.2, 0.25) is 17.6 Å². The second-order valence-electron chi connectivity index (χ2n) is 8.66. The lowest BCUT2D eigenvalue weighted by atomic mass is 10.1. The van der Waals surface area contributed by atoms with Crippen molar-refractivity contribution in [3.63, 3.8) is 0 Å². The number of rotatable bonds is 7. The van der Waals surface area contributed by atoms with E-state index >= 15 is 0 Å². The van der Waals surface area contributed by atoms with E-state index in [9.17, 15) is 9.18 Å². The van der Waals surface area contributed by atoms with Gasteiger partial charge in [0.1, 0.15) is 17.3 Å². The predicted molar refractivity (Wildman–Crippen MR) is 129 cm³/mol. The second-order valence-corrected chi connectivity index (χ2v) is 8.66. The van der Waals surface area contributed by atoms with E-state index < -0.39 is 0 Å². The van der Waals surface area contributed by atoms with E-state index in [-0.39, 0.29) is 17.8 Å². The Morgan fingerprint density at radius 2 is 1.74 bits per heavy atom. The number of aryl methyl sites for hydroxylation is 1. The zero-order valence-electron chi connectivity index (χ0n) is 19.6. The molecule has 0 bridgehead atoms. The molecule has 1 fully saturated rings. The smallest absolute Gasteiger partial charge is 0.244 e. The van der Waals surface area contributed by atoms with Crippen LogP contribution in [0.1, 0.15) is 31.0 Å². The van der Waals surface area contributed by atoms with Crippen LogP contribution in [0.2, 0.25) is 0 Å². The summed E-state index contributed by atoms with van der Waals surface area (Å²) in [5.41, 5.74) is 1.34. The number of hydrogen-bond acceptors (Lipinski definition) is 6. The third-order valence-electron chi connectivity index (χ3n) is 6.43. The molecule has 1 amide bonds. The van der Waals surface area contributed by atoms with Crippen LogP contribution in [-0.4, -0.2) is 52.0 Å². The highest BCUT2D eigenvalue weighted by molar-refractivity contribution is 5.76. The maximum Gasteiger partial charge on any atom is 0.244 e. The van der Waals surface area contributed by atoms with Gasteiger partial charge < -0.3 is 13.8 Å². The van der Waals surface area contributed by atoms with Crippen LogP contribution < -0.4 is 0 Å². The zero-order chi connectivity index (χ0) is 24.2. The van der Waals surface area contributed by atoms with Gasteiger partial charge in [0.25, 0.3) is 0 Å². The number of nitrogens with zero attached hydrogens (tertiary/aromatic N) is 4. The van der Waals surface area contributed by atoms with Crippen molar-refractivity contribution in [2.75, 3.05) is 26.2 Å². The molecule has 8 heteroatoms. The van der Waals surface area contributed by atoms with Crippen LogP contribution in [0, 0.1) is 5.82 Å². The van der Waals surface area contributed by atoms with Crippen LogP contribution in [0.15, 0.2) is 75.7 Å². The van der Waals surface area contributed by atoms with Gasteiger partial charge in [-0.3, -0.25) is 9.69 Å². The van der Waals surface area contributed by atoms with Crippen molar-refractivity contribution in [3.05, 3.63) is 84.2 Å². The third kappa shape index (κ3) is 5.17. The van der Waals surface area contributed by atoms with Gasteiger partial charge in [-0.1, -0.05) is 47.6 Å². The molecule has 35 heavy (non-hydrogen) atoms. The van der Waals surface area contributed by atoms with Gasteiger partial charge in [0.15, 0.2) is 0 Å². The van der Waals surface area contributed by atoms with E-state index in [0.717, 1.165) is 18.7 Å². The zero-order valence-corrected chi connectivity index (χ0v) is 19.6. The summed E-state index contributed by atoms with van der Waals surface area (Å²) in [5, 5.41) is 4.12. The Morgan fingerprint density at radius 1 is 1.00 bits per heavy atom. The van der Waals surface area contributed by atoms with Crippen LogP contribution >= 0.6 is 0 Å². The van der Waals surface area contributed by atoms with Crippen molar-refractivity contribution >= 4 is 5.91 Å². The van der Waals surface area contributed by atoms with Crippen LogP contribution in [0.25, 0.3) is 22.7 Å². The highest BCUT2D eigenvalue weighted by Crippen LogP contribution is 2.26. The lowest BCUT2D eigenvalue weighted by molar-refractivity contribution is -0.133. The highest BCUT2D eigenvalue weighted by atomic mass is 19.1. The molecule has 0 saturated carbocycles. The number of carbonyl (C=O) groups excluding carboxylic acids is 1.